The van der Waals surface area contributed by atoms with Gasteiger partial charge in [-0.2, -0.15) is 0 Å². The van der Waals surface area contributed by atoms with Crippen molar-refractivity contribution in [1.29, 1.82) is 0 Å². The first kappa shape index (κ1) is 12.2. The van der Waals surface area contributed by atoms with Gasteiger partial charge in [-0.3, -0.25) is 14.9 Å². The fraction of sp³-hybridized carbons (Fsp3) is 0.400. The summed E-state index contributed by atoms with van der Waals surface area (Å²) >= 11 is 2.09. The molecule has 90 valence electrons. The van der Waals surface area contributed by atoms with Gasteiger partial charge in [-0.05, 0) is 36.4 Å². The molecule has 17 heavy (non-hydrogen) atoms. The van der Waals surface area contributed by atoms with Gasteiger partial charge >= 0.3 is 0 Å². The number of nitrogens with zero attached hydrogens (tertiary/aromatic N) is 3. The van der Waals surface area contributed by atoms with Gasteiger partial charge in [0.1, 0.15) is 12.1 Å². The maximum Gasteiger partial charge on any atom is 0.252 e. The van der Waals surface area contributed by atoms with Crippen LogP contribution in [0.3, 0.4) is 0 Å². The lowest BCUT2D eigenvalue weighted by molar-refractivity contribution is -0.135. The van der Waals surface area contributed by atoms with Crippen molar-refractivity contribution in [3.8, 4) is 0 Å². The van der Waals surface area contributed by atoms with Crippen molar-refractivity contribution in [2.45, 2.75) is 19.4 Å². The van der Waals surface area contributed by atoms with Crippen LogP contribution in [0, 0.1) is 3.57 Å². The molecule has 0 saturated carbocycles. The van der Waals surface area contributed by atoms with Gasteiger partial charge in [-0.1, -0.05) is 0 Å². The zero-order valence-corrected chi connectivity index (χ0v) is 11.6. The topological polar surface area (TPSA) is 75.2 Å². The Bertz CT molecular complexity index is 472. The zero-order chi connectivity index (χ0) is 12.6. The number of carbonyl (C=O) groups is 2. The number of halogens is 1. The van der Waals surface area contributed by atoms with Gasteiger partial charge in [0.25, 0.3) is 5.91 Å². The van der Waals surface area contributed by atoms with Gasteiger partial charge < -0.3 is 4.90 Å². The number of aromatic nitrogens is 2. The highest BCUT2D eigenvalue weighted by Crippen LogP contribution is 2.22. The molecular weight excluding hydrogens is 335 g/mol. The molecule has 1 aliphatic rings. The zero-order valence-electron chi connectivity index (χ0n) is 9.40. The van der Waals surface area contributed by atoms with Crippen LogP contribution in [0.4, 0.5) is 5.95 Å². The molecule has 0 unspecified atom stereocenters. The molecule has 1 saturated heterocycles. The summed E-state index contributed by atoms with van der Waals surface area (Å²) in [7, 11) is 0. The van der Waals surface area contributed by atoms with E-state index in [9.17, 15) is 9.59 Å². The molecular formula is C10H11IN4O2. The van der Waals surface area contributed by atoms with Gasteiger partial charge in [0.2, 0.25) is 11.9 Å². The molecule has 0 aliphatic carbocycles. The van der Waals surface area contributed by atoms with Crippen LogP contribution < -0.4 is 10.2 Å². The minimum Gasteiger partial charge on any atom is -0.317 e. The number of hydrogen-bond acceptors (Lipinski definition) is 5. The van der Waals surface area contributed by atoms with Crippen molar-refractivity contribution in [1.82, 2.24) is 15.3 Å². The third-order valence-corrected chi connectivity index (χ3v) is 3.19. The molecule has 1 aromatic rings. The second kappa shape index (κ2) is 4.21. The molecule has 2 amide bonds. The SMILES string of the molecule is CC1(C)C(=O)NC(=O)CN1c1ncc(I)cn1. The summed E-state index contributed by atoms with van der Waals surface area (Å²) in [6.45, 7) is 3.55. The van der Waals surface area contributed by atoms with Crippen molar-refractivity contribution in [2.24, 2.45) is 0 Å². The van der Waals surface area contributed by atoms with E-state index in [4.69, 9.17) is 0 Å². The molecule has 1 aliphatic heterocycles. The fourth-order valence-corrected chi connectivity index (χ4v) is 1.83. The first-order valence-corrected chi connectivity index (χ1v) is 6.08. The van der Waals surface area contributed by atoms with Gasteiger partial charge in [0.05, 0.1) is 0 Å². The van der Waals surface area contributed by atoms with E-state index in [0.29, 0.717) is 5.95 Å². The predicted molar refractivity (Wildman–Crippen MR) is 69.3 cm³/mol. The van der Waals surface area contributed by atoms with E-state index in [1.54, 1.807) is 31.1 Å². The maximum absolute atomic E-state index is 11.7. The molecule has 0 bridgehead atoms. The van der Waals surface area contributed by atoms with Crippen LogP contribution >= 0.6 is 22.6 Å². The Kier molecular flexibility index (Phi) is 3.02. The fourth-order valence-electron chi connectivity index (χ4n) is 1.55. The largest absolute Gasteiger partial charge is 0.317 e. The number of piperazine rings is 1. The monoisotopic (exact) mass is 346 g/mol. The van der Waals surface area contributed by atoms with E-state index in [2.05, 4.69) is 37.9 Å². The quantitative estimate of drug-likeness (QED) is 0.586. The number of hydrogen-bond donors (Lipinski definition) is 1. The number of anilines is 1. The molecule has 0 aromatic carbocycles. The van der Waals surface area contributed by atoms with E-state index in [-0.39, 0.29) is 18.4 Å². The summed E-state index contributed by atoms with van der Waals surface area (Å²) in [5.74, 6) is -0.286. The summed E-state index contributed by atoms with van der Waals surface area (Å²) in [5.41, 5.74) is -0.833. The number of imide groups is 1. The van der Waals surface area contributed by atoms with Gasteiger partial charge in [-0.15, -0.1) is 0 Å². The first-order chi connectivity index (χ1) is 7.91. The minimum atomic E-state index is -0.833. The van der Waals surface area contributed by atoms with Crippen molar-refractivity contribution in [3.63, 3.8) is 0 Å². The smallest absolute Gasteiger partial charge is 0.252 e. The third-order valence-electron chi connectivity index (χ3n) is 2.63. The Morgan fingerprint density at radius 3 is 2.53 bits per heavy atom. The lowest BCUT2D eigenvalue weighted by atomic mass is 9.99. The highest BCUT2D eigenvalue weighted by Gasteiger charge is 2.42. The molecule has 7 heteroatoms. The van der Waals surface area contributed by atoms with E-state index in [1.165, 1.54) is 0 Å². The number of amides is 2. The van der Waals surface area contributed by atoms with Crippen LogP contribution in [0.5, 0.6) is 0 Å². The summed E-state index contributed by atoms with van der Waals surface area (Å²) in [4.78, 5) is 33.0. The first-order valence-electron chi connectivity index (χ1n) is 5.01. The van der Waals surface area contributed by atoms with Crippen LogP contribution in [0.1, 0.15) is 13.8 Å². The Balaban J connectivity index is 2.38. The Morgan fingerprint density at radius 1 is 1.35 bits per heavy atom. The summed E-state index contributed by atoms with van der Waals surface area (Å²) in [6.07, 6.45) is 3.30. The molecule has 2 heterocycles. The van der Waals surface area contributed by atoms with E-state index in [0.717, 1.165) is 3.57 Å². The standard InChI is InChI=1S/C10H11IN4O2/c1-10(2)8(17)14-7(16)5-15(10)9-12-3-6(11)4-13-9/h3-4H,5H2,1-2H3,(H,14,16,17). The predicted octanol–water partition coefficient (Wildman–Crippen LogP) is 0.323. The maximum atomic E-state index is 11.7. The number of carbonyl (C=O) groups excluding carboxylic acids is 2. The highest BCUT2D eigenvalue weighted by molar-refractivity contribution is 14.1. The third kappa shape index (κ3) is 2.24. The molecule has 0 spiro atoms. The van der Waals surface area contributed by atoms with Gasteiger partial charge in [0, 0.05) is 16.0 Å². The molecule has 2 rings (SSSR count). The van der Waals surface area contributed by atoms with E-state index < -0.39 is 5.54 Å². The minimum absolute atomic E-state index is 0.0827. The van der Waals surface area contributed by atoms with Crippen molar-refractivity contribution in [2.75, 3.05) is 11.4 Å². The number of rotatable bonds is 1. The Labute approximate surface area is 112 Å². The average Bonchev–Trinajstić information content (AvgIpc) is 2.25. The molecule has 1 aromatic heterocycles. The summed E-state index contributed by atoms with van der Waals surface area (Å²) in [6, 6.07) is 0. The number of nitrogens with one attached hydrogen (secondary N) is 1. The average molecular weight is 346 g/mol. The Hall–Kier alpha value is -1.25. The lowest BCUT2D eigenvalue weighted by Crippen LogP contribution is -2.64. The van der Waals surface area contributed by atoms with Crippen LogP contribution in [0.2, 0.25) is 0 Å². The second-order valence-corrected chi connectivity index (χ2v) is 5.47. The van der Waals surface area contributed by atoms with Crippen LogP contribution in [0.25, 0.3) is 0 Å². The second-order valence-electron chi connectivity index (χ2n) is 4.22. The molecule has 6 nitrogen and oxygen atoms in total. The molecule has 1 fully saturated rings. The Morgan fingerprint density at radius 2 is 1.94 bits per heavy atom. The van der Waals surface area contributed by atoms with Crippen LogP contribution in [0.15, 0.2) is 12.4 Å². The molecule has 0 radical (unpaired) electrons. The molecule has 0 atom stereocenters. The van der Waals surface area contributed by atoms with Gasteiger partial charge in [-0.25, -0.2) is 9.97 Å². The molecule has 1 N–H and O–H groups in total. The highest BCUT2D eigenvalue weighted by atomic mass is 127. The van der Waals surface area contributed by atoms with E-state index >= 15 is 0 Å². The summed E-state index contributed by atoms with van der Waals surface area (Å²) in [5, 5.41) is 2.30. The lowest BCUT2D eigenvalue weighted by Gasteiger charge is -2.39. The summed E-state index contributed by atoms with van der Waals surface area (Å²) < 4.78 is 0.900. The van der Waals surface area contributed by atoms with E-state index in [1.807, 2.05) is 0 Å². The van der Waals surface area contributed by atoms with Crippen molar-refractivity contribution in [3.05, 3.63) is 16.0 Å². The van der Waals surface area contributed by atoms with Crippen LogP contribution in [-0.4, -0.2) is 33.9 Å². The normalized spacial score (nSPS) is 19.1. The van der Waals surface area contributed by atoms with Crippen LogP contribution in [-0.2, 0) is 9.59 Å². The van der Waals surface area contributed by atoms with Gasteiger partial charge in [0.15, 0.2) is 0 Å². The van der Waals surface area contributed by atoms with Crippen molar-refractivity contribution < 1.29 is 9.59 Å². The van der Waals surface area contributed by atoms with Crippen molar-refractivity contribution >= 4 is 40.4 Å².